The molecule has 1 aliphatic heterocycles. The van der Waals surface area contributed by atoms with E-state index in [1.54, 1.807) is 29.1 Å². The first-order valence-electron chi connectivity index (χ1n) is 12.0. The smallest absolute Gasteiger partial charge is 0.294 e. The molecule has 0 radical (unpaired) electrons. The summed E-state index contributed by atoms with van der Waals surface area (Å²) in [7, 11) is 0. The number of carbonyl (C=O) groups excluding carboxylic acids is 2. The maximum atomic E-state index is 13.9. The number of imide groups is 1. The Hall–Kier alpha value is -4.59. The number of aryl methyl sites for hydroxylation is 3. The highest BCUT2D eigenvalue weighted by molar-refractivity contribution is 6.44. The Morgan fingerprint density at radius 2 is 1.59 bits per heavy atom. The number of para-hydroxylation sites is 1. The molecule has 1 N–H and O–H groups in total. The van der Waals surface area contributed by atoms with Gasteiger partial charge in [-0.3, -0.25) is 24.4 Å². The summed E-state index contributed by atoms with van der Waals surface area (Å²) >= 11 is 0. The average molecular weight is 498 g/mol. The fourth-order valence-corrected chi connectivity index (χ4v) is 4.52. The molecule has 0 atom stereocenters. The third kappa shape index (κ3) is 4.20. The third-order valence-corrected chi connectivity index (χ3v) is 6.68. The lowest BCUT2D eigenvalue weighted by Gasteiger charge is -2.14. The molecule has 5 rings (SSSR count). The number of carbonyl (C=O) groups is 2. The lowest BCUT2D eigenvalue weighted by molar-refractivity contribution is -0.577. The lowest BCUT2D eigenvalue weighted by atomic mass is 10.0. The summed E-state index contributed by atoms with van der Waals surface area (Å²) < 4.78 is 16.5. The summed E-state index contributed by atoms with van der Waals surface area (Å²) in [6.07, 6.45) is 3.95. The number of nitrogens with one attached hydrogen (secondary N) is 1. The zero-order valence-corrected chi connectivity index (χ0v) is 20.8. The third-order valence-electron chi connectivity index (χ3n) is 6.68. The number of hydrogen-bond acceptors (Lipinski definition) is 3. The van der Waals surface area contributed by atoms with E-state index in [1.165, 1.54) is 28.9 Å². The fourth-order valence-electron chi connectivity index (χ4n) is 4.52. The highest BCUT2D eigenvalue weighted by atomic mass is 19.1. The molecule has 0 unspecified atom stereocenters. The van der Waals surface area contributed by atoms with Gasteiger partial charge in [-0.2, -0.15) is 4.57 Å². The summed E-state index contributed by atoms with van der Waals surface area (Å²) in [5.41, 5.74) is 3.65. The van der Waals surface area contributed by atoms with Crippen molar-refractivity contribution >= 4 is 23.1 Å². The number of halogens is 1. The van der Waals surface area contributed by atoms with E-state index in [2.05, 4.69) is 5.10 Å². The molecule has 4 aromatic rings. The Labute approximate surface area is 213 Å². The number of benzene rings is 2. The highest BCUT2D eigenvalue weighted by Crippen LogP contribution is 2.31. The van der Waals surface area contributed by atoms with E-state index < -0.39 is 23.2 Å². The number of aromatic nitrogens is 3. The Kier molecular flexibility index (Phi) is 6.17. The van der Waals surface area contributed by atoms with Gasteiger partial charge in [0.15, 0.2) is 12.4 Å². The van der Waals surface area contributed by atoms with Gasteiger partial charge in [-0.1, -0.05) is 37.3 Å². The molecular formula is C29H26FN4O3+. The van der Waals surface area contributed by atoms with Gasteiger partial charge in [-0.15, -0.1) is 0 Å². The SMILES string of the molecule is CCc1[nH]n(-c2ccccc2)c(=O)c1C1=C([n+]2ccc(C)c(C)c2)C(=O)N(Cc2ccc(F)cc2)C1=O. The van der Waals surface area contributed by atoms with Crippen molar-refractivity contribution in [2.45, 2.75) is 33.7 Å². The van der Waals surface area contributed by atoms with Crippen molar-refractivity contribution < 1.29 is 18.5 Å². The van der Waals surface area contributed by atoms with Crippen LogP contribution >= 0.6 is 0 Å². The number of pyridine rings is 1. The van der Waals surface area contributed by atoms with Crippen LogP contribution in [0, 0.1) is 19.7 Å². The van der Waals surface area contributed by atoms with Crippen LogP contribution < -0.4 is 10.1 Å². The summed E-state index contributed by atoms with van der Waals surface area (Å²) in [5.74, 6) is -1.50. The zero-order valence-electron chi connectivity index (χ0n) is 20.8. The number of H-pyrrole nitrogens is 1. The van der Waals surface area contributed by atoms with Crippen LogP contribution in [0.5, 0.6) is 0 Å². The predicted molar refractivity (Wildman–Crippen MR) is 137 cm³/mol. The standard InChI is InChI=1S/C29H25FN4O3/c1-4-23-24(28(36)34(31-23)22-8-6-5-7-9-22)25-26(32-15-14-18(2)19(3)16-32)29(37)33(27(25)35)17-20-10-12-21(30)13-11-20/h5-16H,4,17H2,1-3H3/p+1. The summed E-state index contributed by atoms with van der Waals surface area (Å²) in [6, 6.07) is 16.6. The molecule has 2 aromatic heterocycles. The van der Waals surface area contributed by atoms with Crippen LogP contribution in [0.15, 0.2) is 77.9 Å². The van der Waals surface area contributed by atoms with Crippen molar-refractivity contribution in [3.8, 4) is 5.69 Å². The molecule has 7 nitrogen and oxygen atoms in total. The van der Waals surface area contributed by atoms with Crippen LogP contribution in [0.3, 0.4) is 0 Å². The number of hydrogen-bond donors (Lipinski definition) is 1. The van der Waals surface area contributed by atoms with Gasteiger partial charge in [0, 0.05) is 17.3 Å². The topological polar surface area (TPSA) is 79.1 Å². The Balaban J connectivity index is 1.72. The maximum Gasteiger partial charge on any atom is 0.327 e. The second-order valence-electron chi connectivity index (χ2n) is 9.06. The van der Waals surface area contributed by atoms with E-state index >= 15 is 0 Å². The van der Waals surface area contributed by atoms with Crippen LogP contribution in [0.25, 0.3) is 17.0 Å². The van der Waals surface area contributed by atoms with Crippen LogP contribution in [0.4, 0.5) is 4.39 Å². The van der Waals surface area contributed by atoms with E-state index in [1.807, 2.05) is 45.0 Å². The van der Waals surface area contributed by atoms with Crippen LogP contribution in [-0.2, 0) is 22.6 Å². The van der Waals surface area contributed by atoms with Crippen molar-refractivity contribution in [1.82, 2.24) is 14.7 Å². The van der Waals surface area contributed by atoms with Gasteiger partial charge in [-0.25, -0.2) is 9.07 Å². The molecule has 37 heavy (non-hydrogen) atoms. The van der Waals surface area contributed by atoms with E-state index in [4.69, 9.17) is 0 Å². The molecule has 0 saturated heterocycles. The molecule has 2 amide bonds. The number of amides is 2. The van der Waals surface area contributed by atoms with Gasteiger partial charge >= 0.3 is 5.91 Å². The fraction of sp³-hybridized carbons (Fsp3) is 0.172. The van der Waals surface area contributed by atoms with Gasteiger partial charge in [0.25, 0.3) is 17.2 Å². The summed E-state index contributed by atoms with van der Waals surface area (Å²) in [6.45, 7) is 5.71. The molecule has 0 spiro atoms. The molecule has 0 bridgehead atoms. The first-order chi connectivity index (χ1) is 17.8. The largest absolute Gasteiger partial charge is 0.327 e. The van der Waals surface area contributed by atoms with Gasteiger partial charge < -0.3 is 0 Å². The Morgan fingerprint density at radius 1 is 0.892 bits per heavy atom. The van der Waals surface area contributed by atoms with Crippen molar-refractivity contribution in [3.05, 3.63) is 117 Å². The molecule has 0 aliphatic carbocycles. The van der Waals surface area contributed by atoms with Crippen LogP contribution in [-0.4, -0.2) is 26.5 Å². The van der Waals surface area contributed by atoms with E-state index in [-0.39, 0.29) is 23.4 Å². The van der Waals surface area contributed by atoms with E-state index in [0.29, 0.717) is 23.4 Å². The first-order valence-corrected chi connectivity index (χ1v) is 12.0. The average Bonchev–Trinajstić information content (AvgIpc) is 3.35. The number of rotatable bonds is 6. The predicted octanol–water partition coefficient (Wildman–Crippen LogP) is 3.71. The summed E-state index contributed by atoms with van der Waals surface area (Å²) in [5, 5.41) is 3.13. The van der Waals surface area contributed by atoms with Gasteiger partial charge in [0.2, 0.25) is 0 Å². The minimum atomic E-state index is -0.568. The minimum Gasteiger partial charge on any atom is -0.294 e. The molecule has 0 fully saturated rings. The van der Waals surface area contributed by atoms with Gasteiger partial charge in [0.1, 0.15) is 11.4 Å². The van der Waals surface area contributed by atoms with Crippen molar-refractivity contribution in [1.29, 1.82) is 0 Å². The molecule has 0 saturated carbocycles. The van der Waals surface area contributed by atoms with Crippen molar-refractivity contribution in [2.75, 3.05) is 0 Å². The normalized spacial score (nSPS) is 13.7. The second kappa shape index (κ2) is 9.46. The minimum absolute atomic E-state index is 0.0465. The maximum absolute atomic E-state index is 13.9. The van der Waals surface area contributed by atoms with E-state index in [0.717, 1.165) is 16.0 Å². The molecule has 8 heteroatoms. The second-order valence-corrected chi connectivity index (χ2v) is 9.06. The number of aromatic amines is 1. The van der Waals surface area contributed by atoms with Gasteiger partial charge in [-0.05, 0) is 55.7 Å². The Morgan fingerprint density at radius 3 is 2.24 bits per heavy atom. The molecule has 2 aromatic carbocycles. The molecule has 3 heterocycles. The molecule has 1 aliphatic rings. The molecular weight excluding hydrogens is 471 g/mol. The van der Waals surface area contributed by atoms with Crippen molar-refractivity contribution in [2.24, 2.45) is 0 Å². The number of nitrogens with zero attached hydrogens (tertiary/aromatic N) is 3. The van der Waals surface area contributed by atoms with Gasteiger partial charge in [0.05, 0.1) is 17.8 Å². The summed E-state index contributed by atoms with van der Waals surface area (Å²) in [4.78, 5) is 42.5. The highest BCUT2D eigenvalue weighted by Gasteiger charge is 2.47. The van der Waals surface area contributed by atoms with Crippen LogP contribution in [0.2, 0.25) is 0 Å². The zero-order chi connectivity index (χ0) is 26.3. The lowest BCUT2D eigenvalue weighted by Crippen LogP contribution is -2.39. The van der Waals surface area contributed by atoms with Crippen LogP contribution in [0.1, 0.15) is 34.9 Å². The first kappa shape index (κ1) is 24.1. The van der Waals surface area contributed by atoms with Crippen molar-refractivity contribution in [3.63, 3.8) is 0 Å². The van der Waals surface area contributed by atoms with E-state index in [9.17, 15) is 18.8 Å². The quantitative estimate of drug-likeness (QED) is 0.326. The monoisotopic (exact) mass is 497 g/mol. The molecule has 186 valence electrons. The Bertz CT molecular complexity index is 1620.